The smallest absolute Gasteiger partial charge is 0.289 e. The largest absolute Gasteiger partial charge is 0.394 e. The molecule has 0 aromatic carbocycles. The summed E-state index contributed by atoms with van der Waals surface area (Å²) in [6.45, 7) is 1.13. The van der Waals surface area contributed by atoms with Crippen LogP contribution in [0.15, 0.2) is 12.3 Å². The number of anilines is 1. The molecule has 1 aliphatic heterocycles. The van der Waals surface area contributed by atoms with Crippen LogP contribution in [0, 0.1) is 21.4 Å². The van der Waals surface area contributed by atoms with Gasteiger partial charge in [0.25, 0.3) is 5.69 Å². The minimum Gasteiger partial charge on any atom is -0.394 e. The molecule has 1 fully saturated rings. The zero-order valence-electron chi connectivity index (χ0n) is 10.0. The van der Waals surface area contributed by atoms with E-state index in [1.807, 2.05) is 6.07 Å². The average molecular weight is 264 g/mol. The van der Waals surface area contributed by atoms with Crippen LogP contribution in [0.25, 0.3) is 0 Å². The SMILES string of the molecule is N#Cc1cc([N+](=O)[O-])cnc1N1CCOCC1CO. The minimum absolute atomic E-state index is 0.120. The summed E-state index contributed by atoms with van der Waals surface area (Å²) in [7, 11) is 0. The first-order valence-electron chi connectivity index (χ1n) is 5.67. The van der Waals surface area contributed by atoms with Crippen molar-refractivity contribution >= 4 is 11.5 Å². The van der Waals surface area contributed by atoms with E-state index in [0.717, 1.165) is 6.20 Å². The zero-order chi connectivity index (χ0) is 13.8. The van der Waals surface area contributed by atoms with Crippen LogP contribution in [0.1, 0.15) is 5.56 Å². The Balaban J connectivity index is 2.38. The van der Waals surface area contributed by atoms with E-state index in [1.54, 1.807) is 4.90 Å². The molecule has 1 aromatic heterocycles. The molecule has 0 aliphatic carbocycles. The van der Waals surface area contributed by atoms with Crippen molar-refractivity contribution in [3.63, 3.8) is 0 Å². The van der Waals surface area contributed by atoms with Crippen LogP contribution in [0.2, 0.25) is 0 Å². The highest BCUT2D eigenvalue weighted by Crippen LogP contribution is 2.24. The summed E-state index contributed by atoms with van der Waals surface area (Å²) in [6.07, 6.45) is 1.11. The highest BCUT2D eigenvalue weighted by molar-refractivity contribution is 5.58. The standard InChI is InChI=1S/C11H12N4O4/c12-4-8-3-9(15(17)18)5-13-11(8)14-1-2-19-7-10(14)6-16/h3,5,10,16H,1-2,6-7H2. The molecular weight excluding hydrogens is 252 g/mol. The van der Waals surface area contributed by atoms with Gasteiger partial charge in [-0.3, -0.25) is 10.1 Å². The molecule has 0 saturated carbocycles. The highest BCUT2D eigenvalue weighted by atomic mass is 16.6. The molecule has 1 saturated heterocycles. The Morgan fingerprint density at radius 2 is 2.53 bits per heavy atom. The third-order valence-electron chi connectivity index (χ3n) is 2.89. The number of aliphatic hydroxyl groups is 1. The first-order chi connectivity index (χ1) is 9.17. The van der Waals surface area contributed by atoms with Crippen molar-refractivity contribution in [1.29, 1.82) is 5.26 Å². The van der Waals surface area contributed by atoms with Gasteiger partial charge in [-0.2, -0.15) is 5.26 Å². The Morgan fingerprint density at radius 3 is 3.16 bits per heavy atom. The maximum absolute atomic E-state index is 10.7. The molecule has 0 spiro atoms. The van der Waals surface area contributed by atoms with Gasteiger partial charge >= 0.3 is 0 Å². The number of ether oxygens (including phenoxy) is 1. The van der Waals surface area contributed by atoms with Gasteiger partial charge in [0.2, 0.25) is 0 Å². The number of nitro groups is 1. The van der Waals surface area contributed by atoms with Crippen molar-refractivity contribution in [2.45, 2.75) is 6.04 Å². The number of pyridine rings is 1. The predicted molar refractivity (Wildman–Crippen MR) is 64.6 cm³/mol. The topological polar surface area (TPSA) is 113 Å². The van der Waals surface area contributed by atoms with Crippen LogP contribution in [0.3, 0.4) is 0 Å². The molecule has 8 nitrogen and oxygen atoms in total. The summed E-state index contributed by atoms with van der Waals surface area (Å²) in [5, 5.41) is 29.0. The van der Waals surface area contributed by atoms with Crippen LogP contribution < -0.4 is 4.90 Å². The number of aromatic nitrogens is 1. The van der Waals surface area contributed by atoms with E-state index in [1.165, 1.54) is 6.07 Å². The molecule has 1 aromatic rings. The van der Waals surface area contributed by atoms with Gasteiger partial charge in [-0.05, 0) is 0 Å². The summed E-state index contributed by atoms with van der Waals surface area (Å²) in [6, 6.07) is 2.79. The molecule has 8 heteroatoms. The van der Waals surface area contributed by atoms with Gasteiger partial charge in [-0.15, -0.1) is 0 Å². The van der Waals surface area contributed by atoms with Crippen LogP contribution in [-0.4, -0.2) is 47.4 Å². The molecular formula is C11H12N4O4. The summed E-state index contributed by atoms with van der Waals surface area (Å²) in [5.74, 6) is 0.343. The van der Waals surface area contributed by atoms with Crippen LogP contribution in [-0.2, 0) is 4.74 Å². The van der Waals surface area contributed by atoms with E-state index < -0.39 is 4.92 Å². The van der Waals surface area contributed by atoms with Crippen molar-refractivity contribution < 1.29 is 14.8 Å². The van der Waals surface area contributed by atoms with E-state index in [-0.39, 0.29) is 23.9 Å². The van der Waals surface area contributed by atoms with Crippen LogP contribution in [0.5, 0.6) is 0 Å². The van der Waals surface area contributed by atoms with Crippen molar-refractivity contribution in [2.24, 2.45) is 0 Å². The fraction of sp³-hybridized carbons (Fsp3) is 0.455. The predicted octanol–water partition coefficient (Wildman–Crippen LogP) is 0.0590. The Kier molecular flexibility index (Phi) is 3.89. The van der Waals surface area contributed by atoms with E-state index in [0.29, 0.717) is 25.6 Å². The Bertz CT molecular complexity index is 528. The molecule has 1 aliphatic rings. The fourth-order valence-corrected chi connectivity index (χ4v) is 1.94. The lowest BCUT2D eigenvalue weighted by molar-refractivity contribution is -0.385. The minimum atomic E-state index is -0.597. The molecule has 2 rings (SSSR count). The molecule has 1 N–H and O–H groups in total. The van der Waals surface area contributed by atoms with Crippen molar-refractivity contribution in [2.75, 3.05) is 31.3 Å². The van der Waals surface area contributed by atoms with Crippen LogP contribution in [0.4, 0.5) is 11.5 Å². The zero-order valence-corrected chi connectivity index (χ0v) is 10.0. The van der Waals surface area contributed by atoms with Gasteiger partial charge in [-0.1, -0.05) is 0 Å². The summed E-state index contributed by atoms with van der Waals surface area (Å²) in [5.41, 5.74) is -0.108. The second-order valence-electron chi connectivity index (χ2n) is 4.04. The summed E-state index contributed by atoms with van der Waals surface area (Å²) < 4.78 is 5.24. The Hall–Kier alpha value is -2.24. The Morgan fingerprint density at radius 1 is 1.74 bits per heavy atom. The van der Waals surface area contributed by atoms with Gasteiger partial charge < -0.3 is 14.7 Å². The summed E-state index contributed by atoms with van der Waals surface area (Å²) >= 11 is 0. The molecule has 0 amide bonds. The first-order valence-corrected chi connectivity index (χ1v) is 5.67. The quantitative estimate of drug-likeness (QED) is 0.606. The van der Waals surface area contributed by atoms with Gasteiger partial charge in [0, 0.05) is 12.6 Å². The molecule has 2 heterocycles. The molecule has 100 valence electrons. The molecule has 1 unspecified atom stereocenters. The lowest BCUT2D eigenvalue weighted by Gasteiger charge is -2.35. The number of aliphatic hydroxyl groups excluding tert-OH is 1. The number of morpholine rings is 1. The normalized spacial score (nSPS) is 18.9. The van der Waals surface area contributed by atoms with Crippen LogP contribution >= 0.6 is 0 Å². The fourth-order valence-electron chi connectivity index (χ4n) is 1.94. The average Bonchev–Trinajstić information content (AvgIpc) is 2.46. The van der Waals surface area contributed by atoms with E-state index >= 15 is 0 Å². The number of hydrogen-bond acceptors (Lipinski definition) is 7. The van der Waals surface area contributed by atoms with E-state index in [9.17, 15) is 15.2 Å². The highest BCUT2D eigenvalue weighted by Gasteiger charge is 2.26. The number of rotatable bonds is 3. The van der Waals surface area contributed by atoms with Gasteiger partial charge in [-0.25, -0.2) is 4.98 Å². The second-order valence-corrected chi connectivity index (χ2v) is 4.04. The third-order valence-corrected chi connectivity index (χ3v) is 2.89. The van der Waals surface area contributed by atoms with Crippen molar-refractivity contribution in [3.05, 3.63) is 27.9 Å². The van der Waals surface area contributed by atoms with Crippen molar-refractivity contribution in [3.8, 4) is 6.07 Å². The third kappa shape index (κ3) is 2.62. The van der Waals surface area contributed by atoms with Gasteiger partial charge in [0.1, 0.15) is 23.6 Å². The first kappa shape index (κ1) is 13.2. The molecule has 19 heavy (non-hydrogen) atoms. The lowest BCUT2D eigenvalue weighted by Crippen LogP contribution is -2.48. The summed E-state index contributed by atoms with van der Waals surface area (Å²) in [4.78, 5) is 15.8. The van der Waals surface area contributed by atoms with E-state index in [2.05, 4.69) is 4.98 Å². The van der Waals surface area contributed by atoms with Gasteiger partial charge in [0.05, 0.1) is 30.8 Å². The molecule has 0 radical (unpaired) electrons. The molecule has 1 atom stereocenters. The Labute approximate surface area is 109 Å². The van der Waals surface area contributed by atoms with Crippen molar-refractivity contribution in [1.82, 2.24) is 4.98 Å². The number of nitrogens with zero attached hydrogens (tertiary/aromatic N) is 4. The maximum Gasteiger partial charge on any atom is 0.289 e. The molecule has 0 bridgehead atoms. The number of hydrogen-bond donors (Lipinski definition) is 1. The number of nitriles is 1. The van der Waals surface area contributed by atoms with E-state index in [4.69, 9.17) is 10.00 Å². The maximum atomic E-state index is 10.7. The second kappa shape index (κ2) is 5.60. The lowest BCUT2D eigenvalue weighted by atomic mass is 10.2. The monoisotopic (exact) mass is 264 g/mol. The van der Waals surface area contributed by atoms with Gasteiger partial charge in [0.15, 0.2) is 0 Å².